The van der Waals surface area contributed by atoms with Crippen LogP contribution in [0.5, 0.6) is 0 Å². The molecule has 1 aliphatic heterocycles. The molecule has 1 aromatic heterocycles. The van der Waals surface area contributed by atoms with Crippen LogP contribution in [0.2, 0.25) is 0 Å². The van der Waals surface area contributed by atoms with E-state index in [1.807, 2.05) is 25.1 Å². The molecule has 2 aromatic carbocycles. The van der Waals surface area contributed by atoms with Gasteiger partial charge in [-0.2, -0.15) is 0 Å². The number of nitrogens with zero attached hydrogens (tertiary/aromatic N) is 3. The number of para-hydroxylation sites is 1. The lowest BCUT2D eigenvalue weighted by Gasteiger charge is -2.33. The highest BCUT2D eigenvalue weighted by molar-refractivity contribution is 5.94. The molecule has 1 saturated heterocycles. The molecule has 0 radical (unpaired) electrons. The molecule has 4 rings (SSSR count). The molecular formula is C21H20FN3O2. The number of halogens is 1. The monoisotopic (exact) mass is 365 g/mol. The third-order valence-corrected chi connectivity index (χ3v) is 5.19. The molecule has 5 nitrogen and oxygen atoms in total. The molecule has 0 spiro atoms. The number of hydrogen-bond donors (Lipinski definition) is 0. The van der Waals surface area contributed by atoms with Crippen LogP contribution >= 0.6 is 0 Å². The number of benzene rings is 2. The van der Waals surface area contributed by atoms with Gasteiger partial charge < -0.3 is 4.90 Å². The van der Waals surface area contributed by atoms with E-state index in [0.717, 1.165) is 0 Å². The summed E-state index contributed by atoms with van der Waals surface area (Å²) < 4.78 is 14.8. The van der Waals surface area contributed by atoms with Crippen molar-refractivity contribution in [1.29, 1.82) is 0 Å². The quantitative estimate of drug-likeness (QED) is 0.700. The van der Waals surface area contributed by atoms with Crippen molar-refractivity contribution in [1.82, 2.24) is 14.5 Å². The molecule has 1 amide bonds. The Morgan fingerprint density at radius 3 is 2.44 bits per heavy atom. The Hall–Kier alpha value is -3.02. The van der Waals surface area contributed by atoms with Gasteiger partial charge in [0.1, 0.15) is 11.6 Å². The molecule has 0 bridgehead atoms. The van der Waals surface area contributed by atoms with Gasteiger partial charge in [0.25, 0.3) is 11.5 Å². The molecule has 1 aliphatic rings. The summed E-state index contributed by atoms with van der Waals surface area (Å²) >= 11 is 0. The molecule has 0 saturated carbocycles. The van der Waals surface area contributed by atoms with Gasteiger partial charge in [-0.3, -0.25) is 14.2 Å². The maximum Gasteiger partial charge on any atom is 0.261 e. The van der Waals surface area contributed by atoms with Crippen molar-refractivity contribution < 1.29 is 9.18 Å². The molecule has 0 aliphatic carbocycles. The maximum atomic E-state index is 13.1. The van der Waals surface area contributed by atoms with Crippen LogP contribution in [0.15, 0.2) is 53.3 Å². The first-order valence-corrected chi connectivity index (χ1v) is 9.07. The fraction of sp³-hybridized carbons (Fsp3) is 0.286. The molecule has 6 heteroatoms. The van der Waals surface area contributed by atoms with E-state index in [9.17, 15) is 14.0 Å². The molecule has 0 N–H and O–H groups in total. The molecule has 138 valence electrons. The van der Waals surface area contributed by atoms with Crippen LogP contribution in [-0.4, -0.2) is 33.4 Å². The predicted octanol–water partition coefficient (Wildman–Crippen LogP) is 3.32. The van der Waals surface area contributed by atoms with E-state index < -0.39 is 0 Å². The molecule has 1 fully saturated rings. The molecule has 3 aromatic rings. The Morgan fingerprint density at radius 1 is 1.07 bits per heavy atom. The minimum absolute atomic E-state index is 0.0203. The highest BCUT2D eigenvalue weighted by Gasteiger charge is 2.26. The van der Waals surface area contributed by atoms with Crippen molar-refractivity contribution in [3.63, 3.8) is 0 Å². The van der Waals surface area contributed by atoms with E-state index in [2.05, 4.69) is 4.98 Å². The summed E-state index contributed by atoms with van der Waals surface area (Å²) in [6.45, 7) is 2.96. The van der Waals surface area contributed by atoms with E-state index in [0.29, 0.717) is 48.2 Å². The number of rotatable bonds is 2. The van der Waals surface area contributed by atoms with Gasteiger partial charge in [-0.05, 0) is 56.2 Å². The van der Waals surface area contributed by atoms with Crippen LogP contribution in [0.25, 0.3) is 10.9 Å². The van der Waals surface area contributed by atoms with Crippen molar-refractivity contribution in [2.45, 2.75) is 25.8 Å². The first-order chi connectivity index (χ1) is 13.0. The number of carbonyl (C=O) groups excluding carboxylic acids is 1. The Labute approximate surface area is 156 Å². The van der Waals surface area contributed by atoms with Crippen LogP contribution < -0.4 is 5.56 Å². The van der Waals surface area contributed by atoms with Gasteiger partial charge in [0.05, 0.1) is 10.9 Å². The van der Waals surface area contributed by atoms with Gasteiger partial charge in [-0.15, -0.1) is 0 Å². The normalized spacial score (nSPS) is 15.3. The van der Waals surface area contributed by atoms with Gasteiger partial charge in [0, 0.05) is 24.7 Å². The smallest absolute Gasteiger partial charge is 0.261 e. The summed E-state index contributed by atoms with van der Waals surface area (Å²) in [4.78, 5) is 31.8. The second-order valence-corrected chi connectivity index (χ2v) is 6.88. The first kappa shape index (κ1) is 17.4. The van der Waals surface area contributed by atoms with Crippen LogP contribution in [0.4, 0.5) is 4.39 Å². The summed E-state index contributed by atoms with van der Waals surface area (Å²) in [5.41, 5.74) is 1.16. The van der Waals surface area contributed by atoms with E-state index in [1.165, 1.54) is 24.3 Å². The minimum Gasteiger partial charge on any atom is -0.338 e. The zero-order valence-corrected chi connectivity index (χ0v) is 15.1. The summed E-state index contributed by atoms with van der Waals surface area (Å²) in [6.07, 6.45) is 1.38. The van der Waals surface area contributed by atoms with Gasteiger partial charge in [0.15, 0.2) is 0 Å². The zero-order chi connectivity index (χ0) is 19.0. The molecule has 2 heterocycles. The Kier molecular flexibility index (Phi) is 4.48. The second-order valence-electron chi connectivity index (χ2n) is 6.88. The molecular weight excluding hydrogens is 345 g/mol. The van der Waals surface area contributed by atoms with Gasteiger partial charge in [-0.25, -0.2) is 9.37 Å². The number of hydrogen-bond acceptors (Lipinski definition) is 3. The van der Waals surface area contributed by atoms with E-state index in [-0.39, 0.29) is 23.3 Å². The summed E-state index contributed by atoms with van der Waals surface area (Å²) in [5, 5.41) is 0.618. The Bertz CT molecular complexity index is 1050. The molecule has 0 unspecified atom stereocenters. The van der Waals surface area contributed by atoms with Crippen molar-refractivity contribution >= 4 is 16.8 Å². The zero-order valence-electron chi connectivity index (χ0n) is 15.1. The lowest BCUT2D eigenvalue weighted by Crippen LogP contribution is -2.41. The standard InChI is InChI=1S/C21H20FN3O2/c1-14-23-19-5-3-2-4-18(19)21(27)25(14)17-10-12-24(13-11-17)20(26)15-6-8-16(22)9-7-15/h2-9,17H,10-13H2,1H3. The summed E-state index contributed by atoms with van der Waals surface area (Å²) in [6, 6.07) is 13.0. The highest BCUT2D eigenvalue weighted by atomic mass is 19.1. The Morgan fingerprint density at radius 2 is 1.74 bits per heavy atom. The van der Waals surface area contributed by atoms with Crippen LogP contribution in [-0.2, 0) is 0 Å². The van der Waals surface area contributed by atoms with E-state index >= 15 is 0 Å². The molecule has 27 heavy (non-hydrogen) atoms. The van der Waals surface area contributed by atoms with Gasteiger partial charge >= 0.3 is 0 Å². The third kappa shape index (κ3) is 3.23. The average molecular weight is 365 g/mol. The lowest BCUT2D eigenvalue weighted by molar-refractivity contribution is 0.0692. The fourth-order valence-corrected chi connectivity index (χ4v) is 3.79. The van der Waals surface area contributed by atoms with Crippen molar-refractivity contribution in [3.8, 4) is 0 Å². The van der Waals surface area contributed by atoms with Crippen molar-refractivity contribution in [2.75, 3.05) is 13.1 Å². The number of amides is 1. The van der Waals surface area contributed by atoms with E-state index in [4.69, 9.17) is 0 Å². The summed E-state index contributed by atoms with van der Waals surface area (Å²) in [5.74, 6) is 0.236. The number of fused-ring (bicyclic) bond motifs is 1. The number of carbonyl (C=O) groups is 1. The average Bonchev–Trinajstić information content (AvgIpc) is 2.68. The van der Waals surface area contributed by atoms with E-state index in [1.54, 1.807) is 15.5 Å². The van der Waals surface area contributed by atoms with Crippen molar-refractivity contribution in [3.05, 3.63) is 76.1 Å². The van der Waals surface area contributed by atoms with Crippen LogP contribution in [0.3, 0.4) is 0 Å². The number of aromatic nitrogens is 2. The largest absolute Gasteiger partial charge is 0.338 e. The summed E-state index contributed by atoms with van der Waals surface area (Å²) in [7, 11) is 0. The van der Waals surface area contributed by atoms with Gasteiger partial charge in [-0.1, -0.05) is 12.1 Å². The van der Waals surface area contributed by atoms with Gasteiger partial charge in [0.2, 0.25) is 0 Å². The fourth-order valence-electron chi connectivity index (χ4n) is 3.79. The first-order valence-electron chi connectivity index (χ1n) is 9.07. The lowest BCUT2D eigenvalue weighted by atomic mass is 10.0. The third-order valence-electron chi connectivity index (χ3n) is 5.19. The molecule has 0 atom stereocenters. The van der Waals surface area contributed by atoms with Crippen LogP contribution in [0, 0.1) is 12.7 Å². The van der Waals surface area contributed by atoms with Crippen LogP contribution in [0.1, 0.15) is 35.1 Å². The maximum absolute atomic E-state index is 13.1. The number of piperidine rings is 1. The minimum atomic E-state index is -0.357. The highest BCUT2D eigenvalue weighted by Crippen LogP contribution is 2.24. The van der Waals surface area contributed by atoms with Crippen molar-refractivity contribution in [2.24, 2.45) is 0 Å². The number of likely N-dealkylation sites (tertiary alicyclic amines) is 1. The predicted molar refractivity (Wildman–Crippen MR) is 101 cm³/mol. The Balaban J connectivity index is 1.54. The topological polar surface area (TPSA) is 55.2 Å². The second kappa shape index (κ2) is 6.95. The number of aryl methyl sites for hydroxylation is 1. The SMILES string of the molecule is Cc1nc2ccccc2c(=O)n1C1CCN(C(=O)c2ccc(F)cc2)CC1.